The van der Waals surface area contributed by atoms with Gasteiger partial charge in [-0.15, -0.1) is 0 Å². The average molecular weight is 293 g/mol. The first-order valence-corrected chi connectivity index (χ1v) is 6.84. The van der Waals surface area contributed by atoms with Crippen LogP contribution in [0.4, 0.5) is 4.79 Å². The number of amides is 1. The largest absolute Gasteiger partial charge is 0.497 e. The molecule has 1 rings (SSSR count). The zero-order valence-corrected chi connectivity index (χ0v) is 13.2. The van der Waals surface area contributed by atoms with E-state index in [0.717, 1.165) is 11.3 Å². The van der Waals surface area contributed by atoms with E-state index in [2.05, 4.69) is 5.32 Å². The molecule has 21 heavy (non-hydrogen) atoms. The number of benzene rings is 1. The predicted molar refractivity (Wildman–Crippen MR) is 80.4 cm³/mol. The number of ether oxygens (including phenoxy) is 2. The van der Waals surface area contributed by atoms with Crippen molar-refractivity contribution in [3.8, 4) is 5.75 Å². The van der Waals surface area contributed by atoms with E-state index in [4.69, 9.17) is 9.47 Å². The van der Waals surface area contributed by atoms with E-state index >= 15 is 0 Å². The summed E-state index contributed by atoms with van der Waals surface area (Å²) < 4.78 is 10.3. The van der Waals surface area contributed by atoms with Gasteiger partial charge in [-0.25, -0.2) is 4.79 Å². The molecule has 1 atom stereocenters. The van der Waals surface area contributed by atoms with Crippen LogP contribution in [-0.2, 0) is 9.53 Å². The molecule has 5 heteroatoms. The van der Waals surface area contributed by atoms with Crippen LogP contribution in [-0.4, -0.2) is 24.6 Å². The van der Waals surface area contributed by atoms with E-state index in [0.29, 0.717) is 0 Å². The highest BCUT2D eigenvalue weighted by Gasteiger charge is 2.21. The molecule has 0 aliphatic heterocycles. The Labute approximate surface area is 125 Å². The highest BCUT2D eigenvalue weighted by Crippen LogP contribution is 2.21. The fourth-order valence-electron chi connectivity index (χ4n) is 1.83. The lowest BCUT2D eigenvalue weighted by molar-refractivity contribution is -0.117. The van der Waals surface area contributed by atoms with Crippen molar-refractivity contribution in [3.63, 3.8) is 0 Å². The summed E-state index contributed by atoms with van der Waals surface area (Å²) in [4.78, 5) is 23.3. The van der Waals surface area contributed by atoms with Gasteiger partial charge in [0.05, 0.1) is 13.2 Å². The minimum absolute atomic E-state index is 0.00752. The van der Waals surface area contributed by atoms with Crippen LogP contribution in [0.3, 0.4) is 0 Å². The molecule has 0 aromatic heterocycles. The molecule has 1 aromatic rings. The Morgan fingerprint density at radius 1 is 1.19 bits per heavy atom. The zero-order valence-electron chi connectivity index (χ0n) is 13.2. The quantitative estimate of drug-likeness (QED) is 0.905. The second kappa shape index (κ2) is 7.11. The third-order valence-electron chi connectivity index (χ3n) is 2.70. The lowest BCUT2D eigenvalue weighted by Gasteiger charge is -2.23. The Balaban J connectivity index is 2.84. The topological polar surface area (TPSA) is 64.6 Å². The van der Waals surface area contributed by atoms with Gasteiger partial charge < -0.3 is 14.8 Å². The van der Waals surface area contributed by atoms with Gasteiger partial charge in [0.15, 0.2) is 0 Å². The number of ketones is 1. The summed E-state index contributed by atoms with van der Waals surface area (Å²) >= 11 is 0. The second-order valence-electron chi connectivity index (χ2n) is 5.88. The Hall–Kier alpha value is -2.04. The molecule has 116 valence electrons. The van der Waals surface area contributed by atoms with E-state index in [-0.39, 0.29) is 12.2 Å². The summed E-state index contributed by atoms with van der Waals surface area (Å²) in [6.45, 7) is 6.87. The lowest BCUT2D eigenvalue weighted by Crippen LogP contribution is -2.35. The van der Waals surface area contributed by atoms with Gasteiger partial charge >= 0.3 is 6.09 Å². The van der Waals surface area contributed by atoms with Crippen LogP contribution < -0.4 is 10.1 Å². The number of hydrogen-bond donors (Lipinski definition) is 1. The number of methoxy groups -OCH3 is 1. The fourth-order valence-corrected chi connectivity index (χ4v) is 1.83. The molecule has 0 heterocycles. The molecular weight excluding hydrogens is 270 g/mol. The Bertz CT molecular complexity index is 488. The van der Waals surface area contributed by atoms with Crippen molar-refractivity contribution < 1.29 is 19.1 Å². The van der Waals surface area contributed by atoms with E-state index in [1.54, 1.807) is 40.0 Å². The number of rotatable bonds is 5. The number of carbonyl (C=O) groups is 2. The van der Waals surface area contributed by atoms with Gasteiger partial charge in [-0.3, -0.25) is 4.79 Å². The molecule has 1 amide bonds. The number of carbonyl (C=O) groups excluding carboxylic acids is 2. The van der Waals surface area contributed by atoms with E-state index < -0.39 is 17.7 Å². The molecule has 0 saturated carbocycles. The zero-order chi connectivity index (χ0) is 16.0. The van der Waals surface area contributed by atoms with Crippen LogP contribution in [0.5, 0.6) is 5.75 Å². The molecule has 0 bridgehead atoms. The second-order valence-corrected chi connectivity index (χ2v) is 5.88. The molecule has 0 radical (unpaired) electrons. The molecule has 0 spiro atoms. The first-order valence-electron chi connectivity index (χ1n) is 6.84. The lowest BCUT2D eigenvalue weighted by atomic mass is 10.0. The van der Waals surface area contributed by atoms with Gasteiger partial charge in [-0.2, -0.15) is 0 Å². The molecule has 5 nitrogen and oxygen atoms in total. The van der Waals surface area contributed by atoms with Gasteiger partial charge in [-0.05, 0) is 45.4 Å². The Kier molecular flexibility index (Phi) is 5.76. The highest BCUT2D eigenvalue weighted by molar-refractivity contribution is 5.77. The van der Waals surface area contributed by atoms with Gasteiger partial charge in [0, 0.05) is 6.42 Å². The predicted octanol–water partition coefficient (Wildman–Crippen LogP) is 3.24. The summed E-state index contributed by atoms with van der Waals surface area (Å²) in [5, 5.41) is 2.74. The van der Waals surface area contributed by atoms with Crippen LogP contribution in [0.2, 0.25) is 0 Å². The Morgan fingerprint density at radius 3 is 2.19 bits per heavy atom. The summed E-state index contributed by atoms with van der Waals surface area (Å²) in [5.74, 6) is 0.712. The molecule has 0 unspecified atom stereocenters. The normalized spacial score (nSPS) is 12.4. The fraction of sp³-hybridized carbons (Fsp3) is 0.500. The van der Waals surface area contributed by atoms with Crippen molar-refractivity contribution in [2.45, 2.75) is 45.8 Å². The van der Waals surface area contributed by atoms with Crippen molar-refractivity contribution >= 4 is 11.9 Å². The summed E-state index contributed by atoms with van der Waals surface area (Å²) in [6, 6.07) is 6.81. The van der Waals surface area contributed by atoms with Crippen LogP contribution in [0.15, 0.2) is 24.3 Å². The number of nitrogens with one attached hydrogen (secondary N) is 1. The maximum atomic E-state index is 11.9. The van der Waals surface area contributed by atoms with Gasteiger partial charge in [0.2, 0.25) is 0 Å². The van der Waals surface area contributed by atoms with Crippen LogP contribution in [0, 0.1) is 0 Å². The molecule has 0 aliphatic rings. The highest BCUT2D eigenvalue weighted by atomic mass is 16.6. The van der Waals surface area contributed by atoms with Crippen LogP contribution in [0.1, 0.15) is 45.7 Å². The average Bonchev–Trinajstić information content (AvgIpc) is 2.35. The van der Waals surface area contributed by atoms with Crippen molar-refractivity contribution in [2.24, 2.45) is 0 Å². The first-order chi connectivity index (χ1) is 9.71. The van der Waals surface area contributed by atoms with Crippen LogP contribution in [0.25, 0.3) is 0 Å². The number of Topliss-reactive ketones (excluding diaryl/α,β-unsaturated/α-hetero) is 1. The van der Waals surface area contributed by atoms with Crippen molar-refractivity contribution in [1.82, 2.24) is 5.32 Å². The van der Waals surface area contributed by atoms with Crippen molar-refractivity contribution in [1.29, 1.82) is 0 Å². The van der Waals surface area contributed by atoms with Crippen LogP contribution >= 0.6 is 0 Å². The third-order valence-corrected chi connectivity index (χ3v) is 2.70. The van der Waals surface area contributed by atoms with Crippen molar-refractivity contribution in [3.05, 3.63) is 29.8 Å². The minimum atomic E-state index is -0.579. The van der Waals surface area contributed by atoms with E-state index in [9.17, 15) is 9.59 Å². The van der Waals surface area contributed by atoms with Gasteiger partial charge in [0.25, 0.3) is 0 Å². The summed E-state index contributed by atoms with van der Waals surface area (Å²) in [7, 11) is 1.58. The Morgan fingerprint density at radius 2 is 1.76 bits per heavy atom. The van der Waals surface area contributed by atoms with Crippen molar-refractivity contribution in [2.75, 3.05) is 7.11 Å². The maximum absolute atomic E-state index is 11.9. The summed E-state index contributed by atoms with van der Waals surface area (Å²) in [6.07, 6.45) is -0.324. The molecule has 0 saturated heterocycles. The molecular formula is C16H23NO4. The first kappa shape index (κ1) is 17.0. The number of alkyl carbamates (subject to hydrolysis) is 1. The molecule has 1 aromatic carbocycles. The molecule has 1 N–H and O–H groups in total. The molecule has 0 fully saturated rings. The van der Waals surface area contributed by atoms with Gasteiger partial charge in [-0.1, -0.05) is 12.1 Å². The van der Waals surface area contributed by atoms with E-state index in [1.165, 1.54) is 6.92 Å². The number of hydrogen-bond acceptors (Lipinski definition) is 4. The minimum Gasteiger partial charge on any atom is -0.497 e. The standard InChI is InChI=1S/C16H23NO4/c1-11(18)10-14(17-15(19)21-16(2,3)4)12-6-8-13(20-5)9-7-12/h6-9,14H,10H2,1-5H3,(H,17,19)/t14-/m1/s1. The maximum Gasteiger partial charge on any atom is 0.408 e. The smallest absolute Gasteiger partial charge is 0.408 e. The SMILES string of the molecule is COc1ccc([C@@H](CC(C)=O)NC(=O)OC(C)(C)C)cc1. The van der Waals surface area contributed by atoms with E-state index in [1.807, 2.05) is 12.1 Å². The third kappa shape index (κ3) is 6.29. The summed E-state index contributed by atoms with van der Waals surface area (Å²) in [5.41, 5.74) is 0.252. The van der Waals surface area contributed by atoms with Gasteiger partial charge in [0.1, 0.15) is 17.1 Å². The molecule has 0 aliphatic carbocycles. The monoisotopic (exact) mass is 293 g/mol.